The van der Waals surface area contributed by atoms with Crippen LogP contribution in [0, 0.1) is 0 Å². The molecular weight excluding hydrogens is 317 g/mol. The van der Waals surface area contributed by atoms with Gasteiger partial charge in [-0.3, -0.25) is 15.2 Å². The molecule has 4 nitrogen and oxygen atoms in total. The van der Waals surface area contributed by atoms with Gasteiger partial charge in [-0.2, -0.15) is 0 Å². The van der Waals surface area contributed by atoms with Crippen LogP contribution in [-0.4, -0.2) is 28.6 Å². The highest BCUT2D eigenvalue weighted by molar-refractivity contribution is 7.80. The van der Waals surface area contributed by atoms with E-state index in [1.165, 1.54) is 5.01 Å². The van der Waals surface area contributed by atoms with E-state index in [2.05, 4.69) is 10.7 Å². The lowest BCUT2D eigenvalue weighted by molar-refractivity contribution is 0.0885. The summed E-state index contributed by atoms with van der Waals surface area (Å²) in [6, 6.07) is 4.89. The zero-order valence-electron chi connectivity index (χ0n) is 11.8. The highest BCUT2D eigenvalue weighted by Gasteiger charge is 2.19. The van der Waals surface area contributed by atoms with Crippen molar-refractivity contribution in [1.29, 1.82) is 0 Å². The fourth-order valence-electron chi connectivity index (χ4n) is 1.38. The molecule has 2 N–H and O–H groups in total. The summed E-state index contributed by atoms with van der Waals surface area (Å²) in [7, 11) is 1.64. The average Bonchev–Trinajstić information content (AvgIpc) is 2.26. The van der Waals surface area contributed by atoms with Crippen LogP contribution in [0.2, 0.25) is 10.0 Å². The van der Waals surface area contributed by atoms with Crippen molar-refractivity contribution in [2.45, 2.75) is 26.3 Å². The quantitative estimate of drug-likeness (QED) is 0.611. The van der Waals surface area contributed by atoms with Crippen LogP contribution >= 0.6 is 35.4 Å². The molecule has 1 aromatic carbocycles. The summed E-state index contributed by atoms with van der Waals surface area (Å²) in [5.41, 5.74) is 2.65. The van der Waals surface area contributed by atoms with E-state index in [4.69, 9.17) is 35.4 Å². The van der Waals surface area contributed by atoms with E-state index in [1.54, 1.807) is 25.2 Å². The van der Waals surface area contributed by atoms with E-state index >= 15 is 0 Å². The molecule has 1 aromatic rings. The van der Waals surface area contributed by atoms with E-state index < -0.39 is 5.91 Å². The second kappa shape index (κ2) is 6.61. The van der Waals surface area contributed by atoms with Gasteiger partial charge in [-0.15, -0.1) is 0 Å². The van der Waals surface area contributed by atoms with Crippen molar-refractivity contribution in [2.75, 3.05) is 7.05 Å². The van der Waals surface area contributed by atoms with Crippen LogP contribution in [0.1, 0.15) is 31.1 Å². The molecule has 0 bridgehead atoms. The number of hydrazine groups is 1. The molecule has 1 amide bonds. The maximum Gasteiger partial charge on any atom is 0.272 e. The number of thiocarbonyl (C=S) groups is 1. The average molecular weight is 334 g/mol. The van der Waals surface area contributed by atoms with Gasteiger partial charge in [0.25, 0.3) is 5.91 Å². The van der Waals surface area contributed by atoms with Gasteiger partial charge >= 0.3 is 0 Å². The molecule has 0 saturated heterocycles. The standard InChI is InChI=1S/C13H17Cl2N3OS/c1-13(2,3)16-12(20)18(4)17-11(19)10-8(14)6-5-7-9(10)15/h5-7H,1-4H3,(H,16,20)(H,17,19). The summed E-state index contributed by atoms with van der Waals surface area (Å²) < 4.78 is 0. The van der Waals surface area contributed by atoms with Gasteiger partial charge in [0.05, 0.1) is 15.6 Å². The minimum absolute atomic E-state index is 0.196. The van der Waals surface area contributed by atoms with E-state index in [1.807, 2.05) is 20.8 Å². The molecule has 0 heterocycles. The molecule has 0 aliphatic rings. The molecule has 0 spiro atoms. The van der Waals surface area contributed by atoms with Crippen LogP contribution in [-0.2, 0) is 0 Å². The molecular formula is C13H17Cl2N3OS. The largest absolute Gasteiger partial charge is 0.357 e. The number of nitrogens with zero attached hydrogens (tertiary/aromatic N) is 1. The molecule has 0 unspecified atom stereocenters. The number of hydrogen-bond acceptors (Lipinski definition) is 2. The molecule has 0 aromatic heterocycles. The van der Waals surface area contributed by atoms with Crippen molar-refractivity contribution in [1.82, 2.24) is 15.8 Å². The molecule has 0 radical (unpaired) electrons. The Bertz CT molecular complexity index is 509. The molecule has 7 heteroatoms. The zero-order valence-corrected chi connectivity index (χ0v) is 14.1. The Hall–Kier alpha value is -1.04. The van der Waals surface area contributed by atoms with Gasteiger partial charge in [0, 0.05) is 12.6 Å². The van der Waals surface area contributed by atoms with Crippen LogP contribution < -0.4 is 10.7 Å². The van der Waals surface area contributed by atoms with Crippen LogP contribution in [0.15, 0.2) is 18.2 Å². The maximum atomic E-state index is 12.2. The highest BCUT2D eigenvalue weighted by atomic mass is 35.5. The third-order valence-corrected chi connectivity index (χ3v) is 3.25. The molecule has 0 saturated carbocycles. The van der Waals surface area contributed by atoms with Crippen molar-refractivity contribution in [3.8, 4) is 0 Å². The van der Waals surface area contributed by atoms with Gasteiger partial charge in [0.2, 0.25) is 0 Å². The smallest absolute Gasteiger partial charge is 0.272 e. The maximum absolute atomic E-state index is 12.2. The second-order valence-electron chi connectivity index (χ2n) is 5.28. The summed E-state index contributed by atoms with van der Waals surface area (Å²) in [5.74, 6) is -0.416. The number of hydrogen-bond donors (Lipinski definition) is 2. The van der Waals surface area contributed by atoms with Crippen LogP contribution in [0.25, 0.3) is 0 Å². The lowest BCUT2D eigenvalue weighted by Gasteiger charge is -2.28. The van der Waals surface area contributed by atoms with Gasteiger partial charge in [-0.05, 0) is 45.1 Å². The fraction of sp³-hybridized carbons (Fsp3) is 0.385. The van der Waals surface area contributed by atoms with E-state index in [-0.39, 0.29) is 21.1 Å². The minimum atomic E-state index is -0.416. The number of nitrogens with one attached hydrogen (secondary N) is 2. The van der Waals surface area contributed by atoms with Gasteiger partial charge in [0.15, 0.2) is 5.11 Å². The number of carbonyl (C=O) groups is 1. The van der Waals surface area contributed by atoms with Crippen LogP contribution in [0.3, 0.4) is 0 Å². The van der Waals surface area contributed by atoms with Crippen molar-refractivity contribution in [3.05, 3.63) is 33.8 Å². The van der Waals surface area contributed by atoms with Crippen molar-refractivity contribution < 1.29 is 4.79 Å². The monoisotopic (exact) mass is 333 g/mol. The predicted molar refractivity (Wildman–Crippen MR) is 87.2 cm³/mol. The topological polar surface area (TPSA) is 44.4 Å². The Balaban J connectivity index is 2.78. The predicted octanol–water partition coefficient (Wildman–Crippen LogP) is 3.24. The number of rotatable bonds is 1. The summed E-state index contributed by atoms with van der Waals surface area (Å²) in [6.07, 6.45) is 0. The molecule has 0 fully saturated rings. The first kappa shape index (κ1) is 17.0. The third kappa shape index (κ3) is 4.81. The molecule has 0 aliphatic heterocycles. The molecule has 0 aliphatic carbocycles. The van der Waals surface area contributed by atoms with Gasteiger partial charge in [-0.1, -0.05) is 29.3 Å². The number of halogens is 2. The van der Waals surface area contributed by atoms with Crippen molar-refractivity contribution >= 4 is 46.4 Å². The zero-order chi connectivity index (χ0) is 15.5. The van der Waals surface area contributed by atoms with Crippen molar-refractivity contribution in [2.24, 2.45) is 0 Å². The van der Waals surface area contributed by atoms with Crippen molar-refractivity contribution in [3.63, 3.8) is 0 Å². The SMILES string of the molecule is CN(NC(=O)c1c(Cl)cccc1Cl)C(=S)NC(C)(C)C. The Morgan fingerprint density at radius 1 is 1.25 bits per heavy atom. The number of benzene rings is 1. The summed E-state index contributed by atoms with van der Waals surface area (Å²) in [5, 5.41) is 5.48. The summed E-state index contributed by atoms with van der Waals surface area (Å²) in [6.45, 7) is 5.92. The molecule has 20 heavy (non-hydrogen) atoms. The minimum Gasteiger partial charge on any atom is -0.357 e. The first-order valence-electron chi connectivity index (χ1n) is 5.92. The highest BCUT2D eigenvalue weighted by Crippen LogP contribution is 2.23. The third-order valence-electron chi connectivity index (χ3n) is 2.25. The van der Waals surface area contributed by atoms with E-state index in [9.17, 15) is 4.79 Å². The van der Waals surface area contributed by atoms with Crippen LogP contribution in [0.5, 0.6) is 0 Å². The van der Waals surface area contributed by atoms with Gasteiger partial charge < -0.3 is 5.32 Å². The summed E-state index contributed by atoms with van der Waals surface area (Å²) >= 11 is 17.2. The number of amides is 1. The van der Waals surface area contributed by atoms with Crippen LogP contribution in [0.4, 0.5) is 0 Å². The normalized spacial score (nSPS) is 10.9. The Kier molecular flexibility index (Phi) is 5.62. The lowest BCUT2D eigenvalue weighted by atomic mass is 10.1. The fourth-order valence-corrected chi connectivity index (χ4v) is 2.30. The Labute approximate surface area is 134 Å². The van der Waals surface area contributed by atoms with Gasteiger partial charge in [-0.25, -0.2) is 0 Å². The second-order valence-corrected chi connectivity index (χ2v) is 6.48. The van der Waals surface area contributed by atoms with E-state index in [0.29, 0.717) is 5.11 Å². The first-order valence-corrected chi connectivity index (χ1v) is 7.09. The molecule has 1 rings (SSSR count). The number of carbonyl (C=O) groups excluding carboxylic acids is 1. The van der Waals surface area contributed by atoms with E-state index in [0.717, 1.165) is 0 Å². The molecule has 0 atom stereocenters. The first-order chi connectivity index (χ1) is 9.11. The Morgan fingerprint density at radius 2 is 1.75 bits per heavy atom. The Morgan fingerprint density at radius 3 is 2.20 bits per heavy atom. The summed E-state index contributed by atoms with van der Waals surface area (Å²) in [4.78, 5) is 12.2. The lowest BCUT2D eigenvalue weighted by Crippen LogP contribution is -2.53. The van der Waals surface area contributed by atoms with Gasteiger partial charge in [0.1, 0.15) is 0 Å². The molecule has 110 valence electrons.